The first kappa shape index (κ1) is 17.2. The Balaban J connectivity index is 0.00000176. The van der Waals surface area contributed by atoms with Crippen LogP contribution in [0.3, 0.4) is 0 Å². The molecule has 1 aromatic carbocycles. The number of ether oxygens (including phenoxy) is 2. The molecule has 2 aliphatic heterocycles. The number of piperazine rings is 1. The third kappa shape index (κ3) is 3.77. The van der Waals surface area contributed by atoms with Gasteiger partial charge >= 0.3 is 6.18 Å². The second kappa shape index (κ2) is 6.93. The fourth-order valence-electron chi connectivity index (χ4n) is 2.86. The number of para-hydroxylation sites is 1. The van der Waals surface area contributed by atoms with Gasteiger partial charge in [-0.3, -0.25) is 4.90 Å². The zero-order valence-electron chi connectivity index (χ0n) is 11.9. The van der Waals surface area contributed by atoms with Crippen LogP contribution >= 0.6 is 12.4 Å². The van der Waals surface area contributed by atoms with Crippen LogP contribution in [0, 0.1) is 0 Å². The normalized spacial score (nSPS) is 19.6. The quantitative estimate of drug-likeness (QED) is 0.919. The van der Waals surface area contributed by atoms with Crippen molar-refractivity contribution in [3.8, 4) is 11.5 Å². The third-order valence-corrected chi connectivity index (χ3v) is 3.80. The molecule has 3 rings (SSSR count). The molecule has 1 atom stereocenters. The number of hydrogen-bond acceptors (Lipinski definition) is 4. The number of alkyl halides is 3. The second-order valence-corrected chi connectivity index (χ2v) is 5.20. The smallest absolute Gasteiger partial charge is 0.390 e. The van der Waals surface area contributed by atoms with Crippen molar-refractivity contribution >= 4 is 12.4 Å². The van der Waals surface area contributed by atoms with Crippen LogP contribution in [-0.2, 0) is 0 Å². The second-order valence-electron chi connectivity index (χ2n) is 5.20. The summed E-state index contributed by atoms with van der Waals surface area (Å²) in [6.07, 6.45) is -5.11. The monoisotopic (exact) mass is 338 g/mol. The number of halogens is 4. The molecule has 2 aliphatic rings. The molecule has 1 fully saturated rings. The molecule has 2 heterocycles. The van der Waals surface area contributed by atoms with Crippen LogP contribution in [-0.4, -0.2) is 44.0 Å². The Morgan fingerprint density at radius 1 is 1.18 bits per heavy atom. The molecule has 0 saturated carbocycles. The molecule has 4 nitrogen and oxygen atoms in total. The first-order chi connectivity index (χ1) is 10.0. The first-order valence-electron chi connectivity index (χ1n) is 6.94. The molecule has 124 valence electrons. The van der Waals surface area contributed by atoms with E-state index in [1.54, 1.807) is 18.2 Å². The maximum Gasteiger partial charge on any atom is 0.390 e. The van der Waals surface area contributed by atoms with Crippen LogP contribution in [0.4, 0.5) is 13.2 Å². The number of nitrogens with one attached hydrogen (secondary N) is 1. The van der Waals surface area contributed by atoms with Crippen LogP contribution in [0.25, 0.3) is 0 Å². The maximum absolute atomic E-state index is 13.0. The molecule has 1 aromatic rings. The molecule has 0 aliphatic carbocycles. The Kier molecular flexibility index (Phi) is 5.41. The van der Waals surface area contributed by atoms with Crippen LogP contribution < -0.4 is 14.8 Å². The van der Waals surface area contributed by atoms with E-state index in [0.717, 1.165) is 0 Å². The maximum atomic E-state index is 13.0. The SMILES string of the molecule is Cl.FC(F)(F)C[C@@H](c1cccc2c1OCO2)N1CCNCC1. The Labute approximate surface area is 133 Å². The predicted octanol–water partition coefficient (Wildman–Crippen LogP) is 2.74. The molecule has 1 N–H and O–H groups in total. The van der Waals surface area contributed by atoms with Crippen molar-refractivity contribution in [1.29, 1.82) is 0 Å². The van der Waals surface area contributed by atoms with Crippen molar-refractivity contribution in [2.75, 3.05) is 33.0 Å². The molecule has 0 bridgehead atoms. The topological polar surface area (TPSA) is 33.7 Å². The average molecular weight is 339 g/mol. The van der Waals surface area contributed by atoms with Crippen LogP contribution in [0.1, 0.15) is 18.0 Å². The van der Waals surface area contributed by atoms with Gasteiger partial charge in [0.2, 0.25) is 6.79 Å². The van der Waals surface area contributed by atoms with Gasteiger partial charge in [-0.15, -0.1) is 12.4 Å². The van der Waals surface area contributed by atoms with Gasteiger partial charge in [0.25, 0.3) is 0 Å². The lowest BCUT2D eigenvalue weighted by Crippen LogP contribution is -2.46. The van der Waals surface area contributed by atoms with E-state index in [9.17, 15) is 13.2 Å². The van der Waals surface area contributed by atoms with E-state index in [0.29, 0.717) is 43.2 Å². The predicted molar refractivity (Wildman–Crippen MR) is 77.7 cm³/mol. The highest BCUT2D eigenvalue weighted by Crippen LogP contribution is 2.43. The number of hydrogen-bond donors (Lipinski definition) is 1. The highest BCUT2D eigenvalue weighted by Gasteiger charge is 2.38. The van der Waals surface area contributed by atoms with Gasteiger partial charge in [-0.1, -0.05) is 12.1 Å². The molecule has 0 radical (unpaired) electrons. The van der Waals surface area contributed by atoms with Crippen LogP contribution in [0.5, 0.6) is 11.5 Å². The lowest BCUT2D eigenvalue weighted by molar-refractivity contribution is -0.148. The summed E-state index contributed by atoms with van der Waals surface area (Å²) in [5.74, 6) is 0.972. The number of fused-ring (bicyclic) bond motifs is 1. The summed E-state index contributed by atoms with van der Waals surface area (Å²) in [5, 5.41) is 3.16. The molecule has 22 heavy (non-hydrogen) atoms. The van der Waals surface area contributed by atoms with Crippen molar-refractivity contribution in [2.24, 2.45) is 0 Å². The standard InChI is InChI=1S/C14H17F3N2O2.ClH/c15-14(16,17)8-11(19-6-4-18-5-7-19)10-2-1-3-12-13(10)21-9-20-12;/h1-3,11,18H,4-9H2;1H/t11-;/m0./s1. The van der Waals surface area contributed by atoms with Crippen molar-refractivity contribution < 1.29 is 22.6 Å². The Hall–Kier alpha value is -1.18. The van der Waals surface area contributed by atoms with E-state index < -0.39 is 18.6 Å². The van der Waals surface area contributed by atoms with Crippen LogP contribution in [0.15, 0.2) is 18.2 Å². The lowest BCUT2D eigenvalue weighted by Gasteiger charge is -2.36. The Bertz CT molecular complexity index is 507. The molecule has 0 spiro atoms. The summed E-state index contributed by atoms with van der Waals surface area (Å²) in [7, 11) is 0. The highest BCUT2D eigenvalue weighted by atomic mass is 35.5. The summed E-state index contributed by atoms with van der Waals surface area (Å²) in [5.41, 5.74) is 0.559. The molecule has 0 amide bonds. The minimum absolute atomic E-state index is 0. The minimum Gasteiger partial charge on any atom is -0.454 e. The fraction of sp³-hybridized carbons (Fsp3) is 0.571. The van der Waals surface area contributed by atoms with E-state index in [-0.39, 0.29) is 19.2 Å². The molecular formula is C14H18ClF3N2O2. The van der Waals surface area contributed by atoms with Crippen LogP contribution in [0.2, 0.25) is 0 Å². The van der Waals surface area contributed by atoms with E-state index in [4.69, 9.17) is 9.47 Å². The van der Waals surface area contributed by atoms with Gasteiger partial charge < -0.3 is 14.8 Å². The molecular weight excluding hydrogens is 321 g/mol. The summed E-state index contributed by atoms with van der Waals surface area (Å²) in [4.78, 5) is 1.86. The Morgan fingerprint density at radius 3 is 2.59 bits per heavy atom. The zero-order valence-corrected chi connectivity index (χ0v) is 12.7. The highest BCUT2D eigenvalue weighted by molar-refractivity contribution is 5.85. The van der Waals surface area contributed by atoms with E-state index in [1.807, 2.05) is 4.90 Å². The minimum atomic E-state index is -4.22. The average Bonchev–Trinajstić information content (AvgIpc) is 2.93. The van der Waals surface area contributed by atoms with Crippen molar-refractivity contribution in [3.05, 3.63) is 23.8 Å². The lowest BCUT2D eigenvalue weighted by atomic mass is 9.99. The molecule has 1 saturated heterocycles. The van der Waals surface area contributed by atoms with E-state index in [1.165, 1.54) is 0 Å². The number of rotatable bonds is 3. The molecule has 8 heteroatoms. The number of nitrogens with zero attached hydrogens (tertiary/aromatic N) is 1. The summed E-state index contributed by atoms with van der Waals surface area (Å²) in [6.45, 7) is 2.63. The van der Waals surface area contributed by atoms with Gasteiger partial charge in [-0.05, 0) is 6.07 Å². The number of benzene rings is 1. The first-order valence-corrected chi connectivity index (χ1v) is 6.94. The van der Waals surface area contributed by atoms with Gasteiger partial charge in [0.05, 0.1) is 6.42 Å². The zero-order chi connectivity index (χ0) is 14.9. The van der Waals surface area contributed by atoms with E-state index >= 15 is 0 Å². The summed E-state index contributed by atoms with van der Waals surface area (Å²) in [6, 6.07) is 4.40. The van der Waals surface area contributed by atoms with Crippen molar-refractivity contribution in [2.45, 2.75) is 18.6 Å². The fourth-order valence-corrected chi connectivity index (χ4v) is 2.86. The van der Waals surface area contributed by atoms with Crippen molar-refractivity contribution in [1.82, 2.24) is 10.2 Å². The van der Waals surface area contributed by atoms with Gasteiger partial charge in [0.1, 0.15) is 0 Å². The van der Waals surface area contributed by atoms with Crippen molar-refractivity contribution in [3.63, 3.8) is 0 Å². The summed E-state index contributed by atoms with van der Waals surface area (Å²) < 4.78 is 49.6. The van der Waals surface area contributed by atoms with Gasteiger partial charge in [0, 0.05) is 37.8 Å². The van der Waals surface area contributed by atoms with Gasteiger partial charge in [-0.25, -0.2) is 0 Å². The largest absolute Gasteiger partial charge is 0.454 e. The Morgan fingerprint density at radius 2 is 1.91 bits per heavy atom. The summed E-state index contributed by atoms with van der Waals surface area (Å²) >= 11 is 0. The third-order valence-electron chi connectivity index (χ3n) is 3.80. The van der Waals surface area contributed by atoms with Gasteiger partial charge in [0.15, 0.2) is 11.5 Å². The van der Waals surface area contributed by atoms with E-state index in [2.05, 4.69) is 5.32 Å². The molecule has 0 unspecified atom stereocenters. The van der Waals surface area contributed by atoms with Gasteiger partial charge in [-0.2, -0.15) is 13.2 Å². The molecule has 0 aromatic heterocycles.